The van der Waals surface area contributed by atoms with Gasteiger partial charge in [-0.3, -0.25) is 4.18 Å². The Morgan fingerprint density at radius 3 is 2.67 bits per heavy atom. The third-order valence-corrected chi connectivity index (χ3v) is 4.91. The molecule has 0 amide bonds. The number of hydrogen-bond acceptors (Lipinski definition) is 11. The van der Waals surface area contributed by atoms with Crippen LogP contribution in [0, 0.1) is 0 Å². The predicted octanol–water partition coefficient (Wildman–Crippen LogP) is -0.352. The Morgan fingerprint density at radius 1 is 1.30 bits per heavy atom. The third kappa shape index (κ3) is 3.88. The summed E-state index contributed by atoms with van der Waals surface area (Å²) in [4.78, 5) is 7.80. The maximum absolute atomic E-state index is 12.8. The van der Waals surface area contributed by atoms with E-state index < -0.39 is 59.7 Å². The smallest absolute Gasteiger partial charge is 0.388 e. The lowest BCUT2D eigenvalue weighted by Crippen LogP contribution is -2.34. The molecule has 0 saturated carbocycles. The van der Waals surface area contributed by atoms with Crippen LogP contribution in [0.1, 0.15) is 20.1 Å². The zero-order chi connectivity index (χ0) is 21.8. The molecular formula is C14H18F2N6O7S. The number of fused-ring (bicyclic) bond motifs is 2. The molecule has 2 aromatic rings. The van der Waals surface area contributed by atoms with Crippen LogP contribution >= 0.6 is 0 Å². The molecule has 2 aromatic heterocycles. The minimum Gasteiger partial charge on any atom is -0.414 e. The quantitative estimate of drug-likeness (QED) is 0.585. The normalized spacial score (nSPS) is 28.3. The number of alkyl halides is 2. The molecular weight excluding hydrogens is 434 g/mol. The Morgan fingerprint density at radius 2 is 2.00 bits per heavy atom. The highest BCUT2D eigenvalue weighted by Crippen LogP contribution is 2.44. The number of halogens is 2. The van der Waals surface area contributed by atoms with Crippen LogP contribution in [0.5, 0.6) is 5.88 Å². The lowest BCUT2D eigenvalue weighted by Gasteiger charge is -2.24. The van der Waals surface area contributed by atoms with Crippen LogP contribution in [0.3, 0.4) is 0 Å². The van der Waals surface area contributed by atoms with E-state index in [0.29, 0.717) is 0 Å². The van der Waals surface area contributed by atoms with Crippen LogP contribution in [-0.4, -0.2) is 65.5 Å². The lowest BCUT2D eigenvalue weighted by molar-refractivity contribution is -0.200. The topological polar surface area (TPSA) is 176 Å². The van der Waals surface area contributed by atoms with E-state index >= 15 is 0 Å². The molecule has 13 nitrogen and oxygen atoms in total. The molecule has 0 spiro atoms. The summed E-state index contributed by atoms with van der Waals surface area (Å²) in [7, 11) is -4.24. The molecule has 16 heteroatoms. The Bertz CT molecular complexity index is 1060. The molecule has 166 valence electrons. The second-order valence-electron chi connectivity index (χ2n) is 6.99. The van der Waals surface area contributed by atoms with Crippen LogP contribution in [0.4, 0.5) is 14.6 Å². The summed E-state index contributed by atoms with van der Waals surface area (Å²) in [5.41, 5.74) is 5.84. The number of hydrogen-bond donors (Lipinski definition) is 2. The Balaban J connectivity index is 1.74. The minimum atomic E-state index is -4.24. The Kier molecular flexibility index (Phi) is 5.02. The SMILES string of the molecule is CC1(C)O[C@@H]2[C@H](O1)[C@@H](COS(N)(=O)=O)O[C@H]2n1nc(OC(F)F)c2c(N)ncnc21. The van der Waals surface area contributed by atoms with Crippen molar-refractivity contribution in [2.24, 2.45) is 5.14 Å². The summed E-state index contributed by atoms with van der Waals surface area (Å²) in [6.07, 6.45) is -2.46. The molecule has 2 fully saturated rings. The number of anilines is 1. The lowest BCUT2D eigenvalue weighted by atomic mass is 10.1. The monoisotopic (exact) mass is 452 g/mol. The van der Waals surface area contributed by atoms with Crippen molar-refractivity contribution >= 4 is 27.2 Å². The van der Waals surface area contributed by atoms with Gasteiger partial charge in [-0.2, -0.15) is 17.2 Å². The summed E-state index contributed by atoms with van der Waals surface area (Å²) < 4.78 is 75.7. The highest BCUT2D eigenvalue weighted by molar-refractivity contribution is 7.84. The first kappa shape index (κ1) is 21.0. The van der Waals surface area contributed by atoms with Gasteiger partial charge in [-0.15, -0.1) is 5.10 Å². The van der Waals surface area contributed by atoms with E-state index in [9.17, 15) is 17.2 Å². The minimum absolute atomic E-state index is 0.0413. The molecule has 0 radical (unpaired) electrons. The van der Waals surface area contributed by atoms with Gasteiger partial charge in [0, 0.05) is 0 Å². The predicted molar refractivity (Wildman–Crippen MR) is 93.2 cm³/mol. The molecule has 4 rings (SSSR count). The maximum Gasteiger partial charge on any atom is 0.388 e. The van der Waals surface area contributed by atoms with Gasteiger partial charge in [0.15, 0.2) is 17.7 Å². The van der Waals surface area contributed by atoms with E-state index in [-0.39, 0.29) is 16.9 Å². The average Bonchev–Trinajstić information content (AvgIpc) is 3.22. The van der Waals surface area contributed by atoms with Crippen molar-refractivity contribution in [3.05, 3.63) is 6.33 Å². The van der Waals surface area contributed by atoms with Crippen LogP contribution in [0.25, 0.3) is 11.0 Å². The van der Waals surface area contributed by atoms with Crippen LogP contribution in [0.2, 0.25) is 0 Å². The largest absolute Gasteiger partial charge is 0.414 e. The van der Waals surface area contributed by atoms with E-state index in [1.807, 2.05) is 0 Å². The van der Waals surface area contributed by atoms with Gasteiger partial charge in [-0.1, -0.05) is 0 Å². The molecule has 0 unspecified atom stereocenters. The number of nitrogens with zero attached hydrogens (tertiary/aromatic N) is 4. The van der Waals surface area contributed by atoms with Gasteiger partial charge in [0.1, 0.15) is 35.8 Å². The number of rotatable bonds is 6. The fraction of sp³-hybridized carbons (Fsp3) is 0.643. The Labute approximate surface area is 168 Å². The number of nitrogen functional groups attached to an aromatic ring is 1. The highest BCUT2D eigenvalue weighted by atomic mass is 32.2. The van der Waals surface area contributed by atoms with E-state index in [4.69, 9.17) is 25.1 Å². The van der Waals surface area contributed by atoms with Crippen LogP contribution < -0.4 is 15.6 Å². The summed E-state index contributed by atoms with van der Waals surface area (Å²) in [5, 5.41) is 8.85. The van der Waals surface area contributed by atoms with Gasteiger partial charge in [0.05, 0.1) is 6.61 Å². The van der Waals surface area contributed by atoms with Gasteiger partial charge < -0.3 is 24.7 Å². The van der Waals surface area contributed by atoms with E-state index in [1.54, 1.807) is 13.8 Å². The van der Waals surface area contributed by atoms with E-state index in [1.165, 1.54) is 0 Å². The summed E-state index contributed by atoms with van der Waals surface area (Å²) in [6, 6.07) is 0. The molecule has 30 heavy (non-hydrogen) atoms. The number of ether oxygens (including phenoxy) is 4. The van der Waals surface area contributed by atoms with Gasteiger partial charge in [-0.25, -0.2) is 19.8 Å². The van der Waals surface area contributed by atoms with Gasteiger partial charge >= 0.3 is 16.9 Å². The summed E-state index contributed by atoms with van der Waals surface area (Å²) >= 11 is 0. The molecule has 2 aliphatic rings. The van der Waals surface area contributed by atoms with Gasteiger partial charge in [0.2, 0.25) is 0 Å². The first-order chi connectivity index (χ1) is 14.0. The molecule has 4 heterocycles. The first-order valence-electron chi connectivity index (χ1n) is 8.57. The zero-order valence-corrected chi connectivity index (χ0v) is 16.5. The zero-order valence-electron chi connectivity index (χ0n) is 15.6. The van der Waals surface area contributed by atoms with Crippen molar-refractivity contribution in [2.75, 3.05) is 12.3 Å². The standard InChI is InChI=1S/C14H18F2N6O7S/c1-14(2)28-7-5(3-25-30(18,23)24)26-12(8(7)29-14)22-10-6(9(17)19-4-20-10)11(21-22)27-13(15)16/h4-5,7-8,12-13H,3H2,1-2H3,(H2,17,19,20)(H2,18,23,24)/t5-,7-,8-,12-/m1/s1. The highest BCUT2D eigenvalue weighted by Gasteiger charge is 2.57. The molecule has 0 bridgehead atoms. The van der Waals surface area contributed by atoms with Crippen molar-refractivity contribution in [1.82, 2.24) is 19.7 Å². The van der Waals surface area contributed by atoms with E-state index in [0.717, 1.165) is 11.0 Å². The molecule has 0 aromatic carbocycles. The van der Waals surface area contributed by atoms with Crippen molar-refractivity contribution in [1.29, 1.82) is 0 Å². The second-order valence-corrected chi connectivity index (χ2v) is 8.21. The second kappa shape index (κ2) is 7.17. The van der Waals surface area contributed by atoms with Crippen molar-refractivity contribution in [3.63, 3.8) is 0 Å². The van der Waals surface area contributed by atoms with Crippen molar-refractivity contribution < 1.29 is 40.3 Å². The van der Waals surface area contributed by atoms with Gasteiger partial charge in [0.25, 0.3) is 5.88 Å². The third-order valence-electron chi connectivity index (χ3n) is 4.45. The molecule has 2 aliphatic heterocycles. The van der Waals surface area contributed by atoms with Crippen LogP contribution in [-0.2, 0) is 28.7 Å². The van der Waals surface area contributed by atoms with Crippen molar-refractivity contribution in [3.8, 4) is 5.88 Å². The fourth-order valence-electron chi connectivity index (χ4n) is 3.46. The first-order valence-corrected chi connectivity index (χ1v) is 10.0. The molecule has 4 atom stereocenters. The van der Waals surface area contributed by atoms with Crippen LogP contribution in [0.15, 0.2) is 6.33 Å². The number of aromatic nitrogens is 4. The number of nitrogens with two attached hydrogens (primary N) is 2. The van der Waals surface area contributed by atoms with Crippen molar-refractivity contribution in [2.45, 2.75) is 50.8 Å². The maximum atomic E-state index is 12.8. The fourth-order valence-corrected chi connectivity index (χ4v) is 3.78. The molecule has 0 aliphatic carbocycles. The summed E-state index contributed by atoms with van der Waals surface area (Å²) in [6.45, 7) is -0.347. The molecule has 4 N–H and O–H groups in total. The summed E-state index contributed by atoms with van der Waals surface area (Å²) in [5.74, 6) is -1.67. The Hall–Kier alpha value is -2.24. The van der Waals surface area contributed by atoms with Gasteiger partial charge in [-0.05, 0) is 13.8 Å². The van der Waals surface area contributed by atoms with E-state index in [2.05, 4.69) is 24.0 Å². The average molecular weight is 452 g/mol. The molecule has 2 saturated heterocycles.